The van der Waals surface area contributed by atoms with Crippen molar-refractivity contribution in [2.24, 2.45) is 0 Å². The predicted octanol–water partition coefficient (Wildman–Crippen LogP) is 4.32. The minimum atomic E-state index is 0.124. The van der Waals surface area contributed by atoms with Crippen LogP contribution in [-0.4, -0.2) is 32.1 Å². The average Bonchev–Trinajstić information content (AvgIpc) is 3.33. The van der Waals surface area contributed by atoms with Crippen molar-refractivity contribution in [1.82, 2.24) is 25.0 Å². The molecule has 0 aliphatic heterocycles. The smallest absolute Gasteiger partial charge is 0.266 e. The Morgan fingerprint density at radius 1 is 1.14 bits per heavy atom. The van der Waals surface area contributed by atoms with Crippen LogP contribution in [0.2, 0.25) is 5.02 Å². The van der Waals surface area contributed by atoms with Crippen LogP contribution in [-0.2, 0) is 6.61 Å². The predicted molar refractivity (Wildman–Crippen MR) is 105 cm³/mol. The van der Waals surface area contributed by atoms with Gasteiger partial charge in [-0.05, 0) is 52.3 Å². The van der Waals surface area contributed by atoms with Crippen LogP contribution >= 0.6 is 27.5 Å². The van der Waals surface area contributed by atoms with Gasteiger partial charge < -0.3 is 13.9 Å². The molecule has 142 valence electrons. The highest BCUT2D eigenvalue weighted by molar-refractivity contribution is 9.10. The van der Waals surface area contributed by atoms with Crippen LogP contribution in [0.15, 0.2) is 57.7 Å². The Morgan fingerprint density at radius 2 is 1.93 bits per heavy atom. The van der Waals surface area contributed by atoms with Gasteiger partial charge in [-0.25, -0.2) is 9.67 Å². The molecular weight excluding hydrogens is 450 g/mol. The summed E-state index contributed by atoms with van der Waals surface area (Å²) in [4.78, 5) is 4.27. The molecule has 0 unspecified atom stereocenters. The molecule has 0 saturated heterocycles. The molecule has 3 heterocycles. The Bertz CT molecular complexity index is 1100. The molecule has 0 bridgehead atoms. The van der Waals surface area contributed by atoms with Crippen molar-refractivity contribution >= 4 is 27.5 Å². The molecule has 4 rings (SSSR count). The van der Waals surface area contributed by atoms with Crippen LogP contribution < -0.4 is 9.47 Å². The molecule has 3 aromatic heterocycles. The number of nitrogens with zero attached hydrogens (tertiary/aromatic N) is 5. The molecule has 0 aliphatic carbocycles. The topological polar surface area (TPSA) is 88.1 Å². The van der Waals surface area contributed by atoms with Gasteiger partial charge in [-0.15, -0.1) is 10.2 Å². The van der Waals surface area contributed by atoms with Gasteiger partial charge in [0.1, 0.15) is 21.8 Å². The van der Waals surface area contributed by atoms with E-state index in [0.717, 1.165) is 5.75 Å². The second-order valence-corrected chi connectivity index (χ2v) is 6.76. The molecule has 0 N–H and O–H groups in total. The number of halogens is 2. The lowest BCUT2D eigenvalue weighted by Crippen LogP contribution is -2.02. The largest absolute Gasteiger partial charge is 0.497 e. The summed E-state index contributed by atoms with van der Waals surface area (Å²) in [6.07, 6.45) is 1.63. The fourth-order valence-electron chi connectivity index (χ4n) is 2.43. The van der Waals surface area contributed by atoms with E-state index in [1.54, 1.807) is 55.8 Å². The van der Waals surface area contributed by atoms with E-state index >= 15 is 0 Å². The van der Waals surface area contributed by atoms with Crippen molar-refractivity contribution < 1.29 is 13.9 Å². The summed E-state index contributed by atoms with van der Waals surface area (Å²) in [5, 5.41) is 12.9. The summed E-state index contributed by atoms with van der Waals surface area (Å²) in [5.41, 5.74) is 0.552. The van der Waals surface area contributed by atoms with Crippen LogP contribution in [0, 0.1) is 0 Å². The Morgan fingerprint density at radius 3 is 2.68 bits per heavy atom. The summed E-state index contributed by atoms with van der Waals surface area (Å²) < 4.78 is 18.6. The molecule has 0 spiro atoms. The first kappa shape index (κ1) is 18.5. The Labute approximate surface area is 173 Å². The molecule has 0 amide bonds. The van der Waals surface area contributed by atoms with Gasteiger partial charge >= 0.3 is 0 Å². The lowest BCUT2D eigenvalue weighted by atomic mass is 10.3. The highest BCUT2D eigenvalue weighted by atomic mass is 79.9. The fourth-order valence-corrected chi connectivity index (χ4v) is 3.01. The van der Waals surface area contributed by atoms with Gasteiger partial charge in [0.2, 0.25) is 0 Å². The van der Waals surface area contributed by atoms with Crippen molar-refractivity contribution in [2.45, 2.75) is 6.61 Å². The molecule has 0 fully saturated rings. The third kappa shape index (κ3) is 3.85. The van der Waals surface area contributed by atoms with E-state index in [0.29, 0.717) is 32.8 Å². The summed E-state index contributed by atoms with van der Waals surface area (Å²) in [7, 11) is 1.61. The first-order chi connectivity index (χ1) is 13.6. The second-order valence-electron chi connectivity index (χ2n) is 5.54. The SMILES string of the molecule is COc1ccc(OCc2nnc(-c3cc(Br)nn3-c3ncccc3Cl)o2)cc1. The van der Waals surface area contributed by atoms with Crippen molar-refractivity contribution in [3.63, 3.8) is 0 Å². The summed E-state index contributed by atoms with van der Waals surface area (Å²) in [6, 6.07) is 12.4. The highest BCUT2D eigenvalue weighted by Crippen LogP contribution is 2.27. The molecule has 28 heavy (non-hydrogen) atoms. The second kappa shape index (κ2) is 7.99. The molecule has 0 atom stereocenters. The molecule has 0 radical (unpaired) electrons. The lowest BCUT2D eigenvalue weighted by Gasteiger charge is -2.05. The van der Waals surface area contributed by atoms with Gasteiger partial charge in [0.05, 0.1) is 12.1 Å². The summed E-state index contributed by atoms with van der Waals surface area (Å²) in [6.45, 7) is 0.124. The maximum Gasteiger partial charge on any atom is 0.266 e. The van der Waals surface area contributed by atoms with Gasteiger partial charge in [-0.1, -0.05) is 11.6 Å². The number of methoxy groups -OCH3 is 1. The van der Waals surface area contributed by atoms with Gasteiger partial charge in [0.25, 0.3) is 11.8 Å². The van der Waals surface area contributed by atoms with Crippen molar-refractivity contribution in [3.05, 3.63) is 64.2 Å². The van der Waals surface area contributed by atoms with Crippen molar-refractivity contribution in [1.29, 1.82) is 0 Å². The fraction of sp³-hybridized carbons (Fsp3) is 0.111. The van der Waals surface area contributed by atoms with Crippen LogP contribution in [0.4, 0.5) is 0 Å². The zero-order chi connectivity index (χ0) is 19.5. The molecule has 4 aromatic rings. The minimum absolute atomic E-state index is 0.124. The van der Waals surface area contributed by atoms with Gasteiger partial charge in [0, 0.05) is 12.3 Å². The van der Waals surface area contributed by atoms with E-state index in [9.17, 15) is 0 Å². The number of rotatable bonds is 6. The molecular formula is C18H13BrClN5O3. The summed E-state index contributed by atoms with van der Waals surface area (Å²) in [5.74, 6) is 2.46. The highest BCUT2D eigenvalue weighted by Gasteiger charge is 2.19. The van der Waals surface area contributed by atoms with Gasteiger partial charge in [0.15, 0.2) is 12.4 Å². The van der Waals surface area contributed by atoms with E-state index in [1.807, 2.05) is 0 Å². The monoisotopic (exact) mass is 461 g/mol. The molecule has 0 aliphatic rings. The van der Waals surface area contributed by atoms with E-state index < -0.39 is 0 Å². The van der Waals surface area contributed by atoms with E-state index in [1.165, 1.54) is 4.68 Å². The Balaban J connectivity index is 1.55. The zero-order valence-corrected chi connectivity index (χ0v) is 16.9. The van der Waals surface area contributed by atoms with Crippen LogP contribution in [0.25, 0.3) is 17.4 Å². The lowest BCUT2D eigenvalue weighted by molar-refractivity contribution is 0.264. The molecule has 0 saturated carbocycles. The normalized spacial score (nSPS) is 10.8. The maximum absolute atomic E-state index is 6.24. The minimum Gasteiger partial charge on any atom is -0.497 e. The standard InChI is InChI=1S/C18H13BrClN5O3/c1-26-11-4-6-12(7-5-11)27-10-16-22-23-18(28-16)14-9-15(19)24-25(14)17-13(20)3-2-8-21-17/h2-9H,10H2,1H3. The van der Waals surface area contributed by atoms with E-state index in [-0.39, 0.29) is 12.5 Å². The third-order valence-corrected chi connectivity index (χ3v) is 4.41. The summed E-state index contributed by atoms with van der Waals surface area (Å²) >= 11 is 9.59. The average molecular weight is 463 g/mol. The first-order valence-corrected chi connectivity index (χ1v) is 9.27. The number of benzene rings is 1. The number of ether oxygens (including phenoxy) is 2. The number of pyridine rings is 1. The Kier molecular flexibility index (Phi) is 5.27. The van der Waals surface area contributed by atoms with Gasteiger partial charge in [-0.3, -0.25) is 0 Å². The number of hydrogen-bond acceptors (Lipinski definition) is 7. The number of hydrogen-bond donors (Lipinski definition) is 0. The van der Waals surface area contributed by atoms with Crippen molar-refractivity contribution in [2.75, 3.05) is 7.11 Å². The molecule has 8 nitrogen and oxygen atoms in total. The van der Waals surface area contributed by atoms with E-state index in [4.69, 9.17) is 25.5 Å². The van der Waals surface area contributed by atoms with Crippen LogP contribution in [0.3, 0.4) is 0 Å². The van der Waals surface area contributed by atoms with Crippen LogP contribution in [0.1, 0.15) is 5.89 Å². The first-order valence-electron chi connectivity index (χ1n) is 8.10. The van der Waals surface area contributed by atoms with Crippen molar-refractivity contribution in [3.8, 4) is 28.9 Å². The third-order valence-electron chi connectivity index (χ3n) is 3.73. The van der Waals surface area contributed by atoms with Crippen LogP contribution in [0.5, 0.6) is 11.5 Å². The van der Waals surface area contributed by atoms with Gasteiger partial charge in [-0.2, -0.15) is 5.10 Å². The molecule has 1 aromatic carbocycles. The Hall–Kier alpha value is -2.91. The maximum atomic E-state index is 6.24. The number of aromatic nitrogens is 5. The molecule has 10 heteroatoms. The zero-order valence-electron chi connectivity index (χ0n) is 14.5. The quantitative estimate of drug-likeness (QED) is 0.421. The van der Waals surface area contributed by atoms with E-state index in [2.05, 4.69) is 36.2 Å².